The zero-order chi connectivity index (χ0) is 22.5. The maximum atomic E-state index is 15.0. The van der Waals surface area contributed by atoms with E-state index in [1.165, 1.54) is 0 Å². The van der Waals surface area contributed by atoms with Crippen LogP contribution in [-0.2, 0) is 17.8 Å². The average molecular weight is 430 g/mol. The van der Waals surface area contributed by atoms with Gasteiger partial charge >= 0.3 is 6.09 Å². The first-order valence-corrected chi connectivity index (χ1v) is 9.91. The van der Waals surface area contributed by atoms with Crippen molar-refractivity contribution in [2.24, 2.45) is 16.6 Å². The van der Waals surface area contributed by atoms with Crippen LogP contribution in [0.4, 0.5) is 14.9 Å². The summed E-state index contributed by atoms with van der Waals surface area (Å²) in [7, 11) is 0. The average Bonchev–Trinajstić information content (AvgIpc) is 2.64. The van der Waals surface area contributed by atoms with Gasteiger partial charge in [0.1, 0.15) is 5.82 Å². The maximum absolute atomic E-state index is 15.0. The number of benzene rings is 1. The predicted molar refractivity (Wildman–Crippen MR) is 115 cm³/mol. The van der Waals surface area contributed by atoms with Crippen LogP contribution in [0.3, 0.4) is 0 Å². The Hall–Kier alpha value is -3.40. The third-order valence-corrected chi connectivity index (χ3v) is 4.92. The van der Waals surface area contributed by atoms with E-state index in [0.29, 0.717) is 36.0 Å². The first-order valence-electron chi connectivity index (χ1n) is 9.91. The molecular weight excluding hydrogens is 403 g/mol. The quantitative estimate of drug-likeness (QED) is 0.331. The van der Waals surface area contributed by atoms with E-state index in [1.807, 2.05) is 30.9 Å². The highest BCUT2D eigenvalue weighted by Gasteiger charge is 2.30. The summed E-state index contributed by atoms with van der Waals surface area (Å²) >= 11 is 0. The molecular formula is C21H27FN6O3. The predicted octanol–water partition coefficient (Wildman–Crippen LogP) is 1.95. The molecule has 0 saturated carbocycles. The number of hydrazone groups is 1. The number of hydrogen-bond donors (Lipinski definition) is 3. The Balaban J connectivity index is 1.56. The molecule has 0 unspecified atom stereocenters. The molecule has 0 aliphatic carbocycles. The van der Waals surface area contributed by atoms with Gasteiger partial charge in [0.25, 0.3) is 0 Å². The standard InChI is InChI=1S/C21H27FN6O3/c1-13-8-15(9-14(2)25-13)12-31-17-10-27(11-17)18-5-3-4-16(19(18)22)6-7-28(21(29)30)26-20(23)24/h3-5,8-9,17H,6-7,10-12H2,1-2H3,(H,29,30)(H4,23,24,26). The van der Waals surface area contributed by atoms with Crippen molar-refractivity contribution in [1.29, 1.82) is 0 Å². The molecule has 1 amide bonds. The first kappa shape index (κ1) is 22.3. The number of amides is 1. The lowest BCUT2D eigenvalue weighted by Crippen LogP contribution is -2.52. The van der Waals surface area contributed by atoms with E-state index in [0.717, 1.165) is 17.0 Å². The minimum absolute atomic E-state index is 0.0150. The highest BCUT2D eigenvalue weighted by molar-refractivity contribution is 5.77. The van der Waals surface area contributed by atoms with Crippen LogP contribution >= 0.6 is 0 Å². The molecule has 2 heterocycles. The minimum atomic E-state index is -1.31. The van der Waals surface area contributed by atoms with Gasteiger partial charge in [-0.2, -0.15) is 5.01 Å². The Bertz CT molecular complexity index is 953. The number of carbonyl (C=O) groups is 1. The highest BCUT2D eigenvalue weighted by Crippen LogP contribution is 2.28. The summed E-state index contributed by atoms with van der Waals surface area (Å²) in [4.78, 5) is 17.5. The Labute approximate surface area is 180 Å². The molecule has 166 valence electrons. The molecule has 5 N–H and O–H groups in total. The number of aryl methyl sites for hydroxylation is 2. The van der Waals surface area contributed by atoms with Crippen molar-refractivity contribution in [3.05, 3.63) is 58.7 Å². The molecule has 1 saturated heterocycles. The van der Waals surface area contributed by atoms with Gasteiger partial charge in [-0.05, 0) is 49.6 Å². The van der Waals surface area contributed by atoms with E-state index in [9.17, 15) is 9.18 Å². The lowest BCUT2D eigenvalue weighted by atomic mass is 10.1. The largest absolute Gasteiger partial charge is 0.464 e. The third kappa shape index (κ3) is 5.82. The van der Waals surface area contributed by atoms with Crippen molar-refractivity contribution in [2.45, 2.75) is 33.0 Å². The highest BCUT2D eigenvalue weighted by atomic mass is 19.1. The molecule has 1 fully saturated rings. The van der Waals surface area contributed by atoms with E-state index < -0.39 is 6.09 Å². The number of hydrogen-bond acceptors (Lipinski definition) is 5. The van der Waals surface area contributed by atoms with Gasteiger partial charge < -0.3 is 26.2 Å². The van der Waals surface area contributed by atoms with Gasteiger partial charge in [-0.1, -0.05) is 12.1 Å². The number of nitrogens with zero attached hydrogens (tertiary/aromatic N) is 4. The molecule has 0 atom stereocenters. The summed E-state index contributed by atoms with van der Waals surface area (Å²) in [5.74, 6) is -0.753. The smallest absolute Gasteiger partial charge is 0.428 e. The second-order valence-electron chi connectivity index (χ2n) is 7.53. The number of pyridine rings is 1. The SMILES string of the molecule is Cc1cc(COC2CN(c3cccc(CCN(N=C(N)N)C(=O)O)c3F)C2)cc(C)n1. The summed E-state index contributed by atoms with van der Waals surface area (Å²) in [5.41, 5.74) is 14.3. The zero-order valence-corrected chi connectivity index (χ0v) is 17.6. The number of rotatable bonds is 8. The van der Waals surface area contributed by atoms with Gasteiger partial charge in [0, 0.05) is 24.5 Å². The molecule has 31 heavy (non-hydrogen) atoms. The van der Waals surface area contributed by atoms with E-state index in [1.54, 1.807) is 18.2 Å². The Morgan fingerprint density at radius 3 is 2.61 bits per heavy atom. The van der Waals surface area contributed by atoms with E-state index in [-0.39, 0.29) is 30.8 Å². The third-order valence-electron chi connectivity index (χ3n) is 4.92. The van der Waals surface area contributed by atoms with Crippen molar-refractivity contribution in [1.82, 2.24) is 9.99 Å². The maximum Gasteiger partial charge on any atom is 0.428 e. The molecule has 1 aliphatic heterocycles. The van der Waals surface area contributed by atoms with Crippen LogP contribution in [0, 0.1) is 19.7 Å². The number of aromatic nitrogens is 1. The van der Waals surface area contributed by atoms with Crippen LogP contribution in [0.2, 0.25) is 0 Å². The molecule has 9 nitrogen and oxygen atoms in total. The number of anilines is 1. The molecule has 3 rings (SSSR count). The van der Waals surface area contributed by atoms with Crippen molar-refractivity contribution >= 4 is 17.7 Å². The van der Waals surface area contributed by atoms with E-state index >= 15 is 0 Å². The molecule has 0 radical (unpaired) electrons. The van der Waals surface area contributed by atoms with E-state index in [2.05, 4.69) is 10.1 Å². The zero-order valence-electron chi connectivity index (χ0n) is 17.6. The van der Waals surface area contributed by atoms with Crippen molar-refractivity contribution < 1.29 is 19.0 Å². The first-order chi connectivity index (χ1) is 14.7. The number of ether oxygens (including phenoxy) is 1. The van der Waals surface area contributed by atoms with Crippen LogP contribution in [-0.4, -0.2) is 52.9 Å². The van der Waals surface area contributed by atoms with Gasteiger partial charge in [-0.3, -0.25) is 4.98 Å². The van der Waals surface area contributed by atoms with Crippen molar-refractivity contribution in [3.63, 3.8) is 0 Å². The van der Waals surface area contributed by atoms with Gasteiger partial charge in [-0.15, -0.1) is 5.10 Å². The molecule has 1 aromatic carbocycles. The molecule has 1 aliphatic rings. The van der Waals surface area contributed by atoms with Crippen LogP contribution in [0.25, 0.3) is 0 Å². The fraction of sp³-hybridized carbons (Fsp3) is 0.381. The summed E-state index contributed by atoms with van der Waals surface area (Å²) in [6.07, 6.45) is -1.16. The second-order valence-corrected chi connectivity index (χ2v) is 7.53. The molecule has 2 aromatic rings. The van der Waals surface area contributed by atoms with Gasteiger partial charge in [-0.25, -0.2) is 9.18 Å². The Morgan fingerprint density at radius 2 is 2.00 bits per heavy atom. The number of carboxylic acid groups (broad SMARTS) is 1. The Kier molecular flexibility index (Phi) is 6.91. The van der Waals surface area contributed by atoms with Gasteiger partial charge in [0.2, 0.25) is 5.96 Å². The number of halogens is 1. The minimum Gasteiger partial charge on any atom is -0.464 e. The normalized spacial score (nSPS) is 13.6. The lowest BCUT2D eigenvalue weighted by Gasteiger charge is -2.41. The molecule has 10 heteroatoms. The number of nitrogens with two attached hydrogens (primary N) is 2. The number of guanidine groups is 1. The summed E-state index contributed by atoms with van der Waals surface area (Å²) in [6, 6.07) is 9.06. The lowest BCUT2D eigenvalue weighted by molar-refractivity contribution is 0.0221. The van der Waals surface area contributed by atoms with Crippen molar-refractivity contribution in [3.8, 4) is 0 Å². The van der Waals surface area contributed by atoms with Crippen LogP contribution in [0.15, 0.2) is 35.4 Å². The van der Waals surface area contributed by atoms with Crippen molar-refractivity contribution in [2.75, 3.05) is 24.5 Å². The van der Waals surface area contributed by atoms with Crippen LogP contribution < -0.4 is 16.4 Å². The van der Waals surface area contributed by atoms with Gasteiger partial charge in [0.05, 0.1) is 24.9 Å². The Morgan fingerprint density at radius 1 is 1.32 bits per heavy atom. The van der Waals surface area contributed by atoms with Gasteiger partial charge in [0.15, 0.2) is 0 Å². The molecule has 0 spiro atoms. The second kappa shape index (κ2) is 9.61. The van der Waals surface area contributed by atoms with E-state index in [4.69, 9.17) is 21.3 Å². The summed E-state index contributed by atoms with van der Waals surface area (Å²) < 4.78 is 20.9. The van der Waals surface area contributed by atoms with Crippen LogP contribution in [0.5, 0.6) is 0 Å². The fourth-order valence-corrected chi connectivity index (χ4v) is 3.52. The summed E-state index contributed by atoms with van der Waals surface area (Å²) in [5, 5.41) is 13.4. The monoisotopic (exact) mass is 430 g/mol. The topological polar surface area (TPSA) is 130 Å². The molecule has 1 aromatic heterocycles. The molecule has 0 bridgehead atoms. The van der Waals surface area contributed by atoms with Crippen LogP contribution in [0.1, 0.15) is 22.5 Å². The fourth-order valence-electron chi connectivity index (χ4n) is 3.52. The summed E-state index contributed by atoms with van der Waals surface area (Å²) in [6.45, 7) is 5.48.